The number of thioether (sulfide) groups is 1. The summed E-state index contributed by atoms with van der Waals surface area (Å²) in [5, 5.41) is 9.70. The van der Waals surface area contributed by atoms with Crippen LogP contribution < -0.4 is 4.90 Å². The molecule has 0 aliphatic carbocycles. The number of nitrogens with zero attached hydrogens (tertiary/aromatic N) is 3. The summed E-state index contributed by atoms with van der Waals surface area (Å²) in [6.45, 7) is 9.42. The van der Waals surface area contributed by atoms with Crippen LogP contribution in [-0.2, 0) is 11.3 Å². The number of hydrogen-bond acceptors (Lipinski definition) is 5. The van der Waals surface area contributed by atoms with Crippen molar-refractivity contribution in [2.75, 3.05) is 11.4 Å². The van der Waals surface area contributed by atoms with Crippen LogP contribution >= 0.6 is 11.8 Å². The number of aromatic carboxylic acids is 1. The SMILES string of the molecule is CCCN1c2cc(F)c(/C=C3/SC(=Nc4ccccc4)N(Cc4ccc(C(=O)O)cc4)C3=O)cc2C(C)=CC1(C)C. The van der Waals surface area contributed by atoms with Crippen molar-refractivity contribution >= 4 is 51.8 Å². The highest BCUT2D eigenvalue weighted by atomic mass is 32.2. The van der Waals surface area contributed by atoms with Gasteiger partial charge in [0.2, 0.25) is 0 Å². The van der Waals surface area contributed by atoms with Crippen LogP contribution in [0.25, 0.3) is 11.6 Å². The minimum Gasteiger partial charge on any atom is -0.478 e. The molecule has 0 aromatic heterocycles. The third kappa shape index (κ3) is 5.84. The van der Waals surface area contributed by atoms with Crippen LogP contribution in [0, 0.1) is 5.82 Å². The lowest BCUT2D eigenvalue weighted by atomic mass is 9.87. The lowest BCUT2D eigenvalue weighted by molar-refractivity contribution is -0.122. The van der Waals surface area contributed by atoms with Gasteiger partial charge in [0.05, 0.1) is 28.2 Å². The van der Waals surface area contributed by atoms with E-state index < -0.39 is 5.97 Å². The molecule has 1 saturated heterocycles. The Hall–Kier alpha value is -4.17. The number of carboxylic acid groups (broad SMARTS) is 1. The van der Waals surface area contributed by atoms with Crippen LogP contribution in [0.3, 0.4) is 0 Å². The van der Waals surface area contributed by atoms with Gasteiger partial charge >= 0.3 is 5.97 Å². The maximum Gasteiger partial charge on any atom is 0.335 e. The highest BCUT2D eigenvalue weighted by Gasteiger charge is 2.35. The van der Waals surface area contributed by atoms with Gasteiger partial charge in [-0.05, 0) is 92.6 Å². The smallest absolute Gasteiger partial charge is 0.335 e. The van der Waals surface area contributed by atoms with E-state index in [1.807, 2.05) is 43.3 Å². The summed E-state index contributed by atoms with van der Waals surface area (Å²) in [6.07, 6.45) is 4.75. The first-order chi connectivity index (χ1) is 19.6. The quantitative estimate of drug-likeness (QED) is 0.295. The molecule has 2 aliphatic heterocycles. The molecule has 0 spiro atoms. The number of para-hydroxylation sites is 1. The Bertz CT molecular complexity index is 1590. The first-order valence-electron chi connectivity index (χ1n) is 13.6. The standard InChI is InChI=1S/C33H32FN3O3S/c1-5-15-37-28-18-27(34)24(16-26(28)21(2)19-33(37,3)4)17-29-30(38)36(20-22-11-13-23(14-12-22)31(39)40)32(41-29)35-25-9-7-6-8-10-25/h6-14,16-19H,5,15,20H2,1-4H3,(H,39,40)/b29-17+,35-32?. The number of anilines is 1. The Balaban J connectivity index is 1.53. The zero-order chi connectivity index (χ0) is 29.3. The molecule has 3 aromatic carbocycles. The molecule has 1 fully saturated rings. The van der Waals surface area contributed by atoms with E-state index in [1.165, 1.54) is 23.9 Å². The van der Waals surface area contributed by atoms with Crippen molar-refractivity contribution in [3.63, 3.8) is 0 Å². The molecule has 0 unspecified atom stereocenters. The molecular formula is C33H32FN3O3S. The van der Waals surface area contributed by atoms with E-state index in [-0.39, 0.29) is 29.4 Å². The molecule has 2 aliphatic rings. The molecule has 3 aromatic rings. The highest BCUT2D eigenvalue weighted by molar-refractivity contribution is 8.18. The fourth-order valence-corrected chi connectivity index (χ4v) is 6.27. The predicted octanol–water partition coefficient (Wildman–Crippen LogP) is 7.74. The zero-order valence-electron chi connectivity index (χ0n) is 23.5. The predicted molar refractivity (Wildman–Crippen MR) is 165 cm³/mol. The van der Waals surface area contributed by atoms with E-state index in [2.05, 4.69) is 31.7 Å². The molecule has 0 radical (unpaired) electrons. The van der Waals surface area contributed by atoms with Crippen molar-refractivity contribution in [1.29, 1.82) is 0 Å². The van der Waals surface area contributed by atoms with Crippen molar-refractivity contribution in [3.8, 4) is 0 Å². The highest BCUT2D eigenvalue weighted by Crippen LogP contribution is 2.42. The fraction of sp³-hybridized carbons (Fsp3) is 0.242. The van der Waals surface area contributed by atoms with Crippen LogP contribution in [-0.4, -0.2) is 39.1 Å². The van der Waals surface area contributed by atoms with Crippen LogP contribution in [0.4, 0.5) is 15.8 Å². The molecule has 1 amide bonds. The second kappa shape index (κ2) is 11.4. The lowest BCUT2D eigenvalue weighted by Gasteiger charge is -2.43. The average molecular weight is 570 g/mol. The van der Waals surface area contributed by atoms with Crippen molar-refractivity contribution in [2.45, 2.75) is 46.2 Å². The van der Waals surface area contributed by atoms with Gasteiger partial charge in [-0.15, -0.1) is 0 Å². The fourth-order valence-electron chi connectivity index (χ4n) is 5.28. The Labute approximate surface area is 243 Å². The van der Waals surface area contributed by atoms with Gasteiger partial charge in [-0.2, -0.15) is 0 Å². The molecule has 0 atom stereocenters. The van der Waals surface area contributed by atoms with E-state index in [1.54, 1.807) is 29.2 Å². The summed E-state index contributed by atoms with van der Waals surface area (Å²) in [4.78, 5) is 33.8. The Kier molecular flexibility index (Phi) is 7.87. The molecule has 210 valence electrons. The monoisotopic (exact) mass is 569 g/mol. The Morgan fingerprint density at radius 2 is 1.80 bits per heavy atom. The Morgan fingerprint density at radius 3 is 2.46 bits per heavy atom. The molecule has 6 nitrogen and oxygen atoms in total. The van der Waals surface area contributed by atoms with Gasteiger partial charge in [-0.25, -0.2) is 14.2 Å². The summed E-state index contributed by atoms with van der Waals surface area (Å²) in [6, 6.07) is 19.1. The van der Waals surface area contributed by atoms with Crippen molar-refractivity contribution < 1.29 is 19.1 Å². The van der Waals surface area contributed by atoms with Crippen LogP contribution in [0.2, 0.25) is 0 Å². The number of carbonyl (C=O) groups is 2. The molecular weight excluding hydrogens is 537 g/mol. The topological polar surface area (TPSA) is 73.2 Å². The van der Waals surface area contributed by atoms with Gasteiger partial charge in [0.1, 0.15) is 5.82 Å². The van der Waals surface area contributed by atoms with Crippen LogP contribution in [0.5, 0.6) is 0 Å². The number of hydrogen-bond donors (Lipinski definition) is 1. The van der Waals surface area contributed by atoms with Crippen LogP contribution in [0.1, 0.15) is 61.2 Å². The molecule has 41 heavy (non-hydrogen) atoms. The molecule has 8 heteroatoms. The maximum absolute atomic E-state index is 15.6. The number of benzene rings is 3. The first-order valence-corrected chi connectivity index (χ1v) is 14.4. The summed E-state index contributed by atoms with van der Waals surface area (Å²) in [5.74, 6) is -1.69. The lowest BCUT2D eigenvalue weighted by Crippen LogP contribution is -2.45. The van der Waals surface area contributed by atoms with Crippen molar-refractivity contribution in [2.24, 2.45) is 4.99 Å². The Morgan fingerprint density at radius 1 is 1.10 bits per heavy atom. The number of allylic oxidation sites excluding steroid dienone is 1. The average Bonchev–Trinajstić information content (AvgIpc) is 3.21. The third-order valence-electron chi connectivity index (χ3n) is 7.24. The zero-order valence-corrected chi connectivity index (χ0v) is 24.3. The summed E-state index contributed by atoms with van der Waals surface area (Å²) >= 11 is 1.20. The molecule has 1 N–H and O–H groups in total. The third-order valence-corrected chi connectivity index (χ3v) is 8.25. The number of fused-ring (bicyclic) bond motifs is 1. The van der Waals surface area contributed by atoms with Gasteiger partial charge in [0.25, 0.3) is 5.91 Å². The van der Waals surface area contributed by atoms with Gasteiger partial charge in [-0.1, -0.05) is 43.3 Å². The van der Waals surface area contributed by atoms with E-state index in [0.29, 0.717) is 21.3 Å². The van der Waals surface area contributed by atoms with E-state index in [9.17, 15) is 14.7 Å². The van der Waals surface area contributed by atoms with Crippen molar-refractivity contribution in [1.82, 2.24) is 4.90 Å². The molecule has 0 bridgehead atoms. The minimum absolute atomic E-state index is 0.169. The number of aliphatic imine (C=N–C) groups is 1. The van der Waals surface area contributed by atoms with Crippen molar-refractivity contribution in [3.05, 3.63) is 106 Å². The molecule has 5 rings (SSSR count). The number of halogens is 1. The van der Waals surface area contributed by atoms with E-state index in [4.69, 9.17) is 4.99 Å². The second-order valence-electron chi connectivity index (χ2n) is 10.8. The summed E-state index contributed by atoms with van der Waals surface area (Å²) in [5.41, 5.74) is 4.61. The van der Waals surface area contributed by atoms with Gasteiger partial charge in [0, 0.05) is 23.4 Å². The summed E-state index contributed by atoms with van der Waals surface area (Å²) in [7, 11) is 0. The number of carbonyl (C=O) groups excluding carboxylic acids is 1. The number of carboxylic acids is 1. The summed E-state index contributed by atoms with van der Waals surface area (Å²) < 4.78 is 15.6. The number of amides is 1. The number of amidine groups is 1. The van der Waals surface area contributed by atoms with Gasteiger partial charge in [-0.3, -0.25) is 9.69 Å². The molecule has 2 heterocycles. The largest absolute Gasteiger partial charge is 0.478 e. The van der Waals surface area contributed by atoms with Gasteiger partial charge in [0.15, 0.2) is 5.17 Å². The first kappa shape index (κ1) is 28.4. The number of rotatable bonds is 7. The van der Waals surface area contributed by atoms with Crippen LogP contribution in [0.15, 0.2) is 82.7 Å². The minimum atomic E-state index is -1.01. The maximum atomic E-state index is 15.6. The molecule has 0 saturated carbocycles. The van der Waals surface area contributed by atoms with E-state index >= 15 is 4.39 Å². The second-order valence-corrected chi connectivity index (χ2v) is 11.8. The normalized spacial score (nSPS) is 18.2. The van der Waals surface area contributed by atoms with E-state index in [0.717, 1.165) is 35.4 Å². The van der Waals surface area contributed by atoms with Gasteiger partial charge < -0.3 is 10.0 Å².